The van der Waals surface area contributed by atoms with Gasteiger partial charge in [0.2, 0.25) is 0 Å². The maximum absolute atomic E-state index is 11.1. The quantitative estimate of drug-likeness (QED) is 0.566. The number of anilines is 1. The molecular formula is C7H6N4O. The number of rotatable bonds is 0. The van der Waals surface area contributed by atoms with Crippen LogP contribution in [0.3, 0.4) is 0 Å². The zero-order chi connectivity index (χ0) is 8.55. The molecule has 0 aliphatic heterocycles. The lowest BCUT2D eigenvalue weighted by molar-refractivity contribution is 1.01. The number of nitrogens with two attached hydrogens (primary N) is 1. The highest BCUT2D eigenvalue weighted by atomic mass is 16.1. The van der Waals surface area contributed by atoms with Crippen LogP contribution in [0.1, 0.15) is 0 Å². The molecule has 2 aromatic heterocycles. The van der Waals surface area contributed by atoms with Gasteiger partial charge in [-0.3, -0.25) is 9.78 Å². The Bertz CT molecular complexity index is 476. The molecule has 12 heavy (non-hydrogen) atoms. The summed E-state index contributed by atoms with van der Waals surface area (Å²) < 4.78 is 0. The molecule has 60 valence electrons. The van der Waals surface area contributed by atoms with E-state index in [0.717, 1.165) is 0 Å². The van der Waals surface area contributed by atoms with Crippen molar-refractivity contribution >= 4 is 16.7 Å². The molecule has 2 rings (SSSR count). The Morgan fingerprint density at radius 1 is 1.50 bits per heavy atom. The van der Waals surface area contributed by atoms with Gasteiger partial charge in [0, 0.05) is 11.6 Å². The maximum Gasteiger partial charge on any atom is 0.290 e. The second-order valence-electron chi connectivity index (χ2n) is 2.34. The van der Waals surface area contributed by atoms with Crippen LogP contribution in [-0.2, 0) is 0 Å². The van der Waals surface area contributed by atoms with E-state index in [1.807, 2.05) is 0 Å². The smallest absolute Gasteiger partial charge is 0.290 e. The van der Waals surface area contributed by atoms with Gasteiger partial charge >= 0.3 is 0 Å². The zero-order valence-corrected chi connectivity index (χ0v) is 6.11. The Balaban J connectivity index is 3.05. The standard InChI is InChI=1S/C7H6N4O/c8-6-4-2-1-3-9-5(4)7(12)11-10-6/h1-3H,(H2,8,10)(H,11,12). The number of H-pyrrole nitrogens is 1. The molecule has 0 aromatic carbocycles. The van der Waals surface area contributed by atoms with Gasteiger partial charge in [0.15, 0.2) is 5.82 Å². The Morgan fingerprint density at radius 3 is 3.08 bits per heavy atom. The van der Waals surface area contributed by atoms with Crippen LogP contribution in [0.15, 0.2) is 23.1 Å². The molecule has 2 aromatic rings. The Kier molecular flexibility index (Phi) is 1.30. The van der Waals surface area contributed by atoms with Crippen LogP contribution in [0, 0.1) is 0 Å². The van der Waals surface area contributed by atoms with Crippen molar-refractivity contribution in [2.75, 3.05) is 5.73 Å². The molecule has 5 nitrogen and oxygen atoms in total. The number of hydrogen-bond donors (Lipinski definition) is 2. The van der Waals surface area contributed by atoms with E-state index in [0.29, 0.717) is 10.9 Å². The summed E-state index contributed by atoms with van der Waals surface area (Å²) in [6.07, 6.45) is 1.54. The van der Waals surface area contributed by atoms with E-state index in [2.05, 4.69) is 15.2 Å². The minimum absolute atomic E-state index is 0.290. The number of nitrogen functional groups attached to an aromatic ring is 1. The molecule has 0 aliphatic carbocycles. The number of pyridine rings is 1. The van der Waals surface area contributed by atoms with Crippen LogP contribution >= 0.6 is 0 Å². The number of aromatic nitrogens is 3. The first kappa shape index (κ1) is 6.78. The minimum Gasteiger partial charge on any atom is -0.382 e. The van der Waals surface area contributed by atoms with Gasteiger partial charge in [0.25, 0.3) is 5.56 Å². The summed E-state index contributed by atoms with van der Waals surface area (Å²) in [6.45, 7) is 0. The van der Waals surface area contributed by atoms with Crippen LogP contribution in [-0.4, -0.2) is 15.2 Å². The van der Waals surface area contributed by atoms with Crippen LogP contribution in [0.5, 0.6) is 0 Å². The lowest BCUT2D eigenvalue weighted by Gasteiger charge is -1.96. The fraction of sp³-hybridized carbons (Fsp3) is 0. The highest BCUT2D eigenvalue weighted by Gasteiger charge is 2.01. The normalized spacial score (nSPS) is 10.3. The largest absolute Gasteiger partial charge is 0.382 e. The van der Waals surface area contributed by atoms with Crippen molar-refractivity contribution in [3.8, 4) is 0 Å². The summed E-state index contributed by atoms with van der Waals surface area (Å²) in [5, 5.41) is 6.44. The Hall–Kier alpha value is -1.91. The van der Waals surface area contributed by atoms with Gasteiger partial charge in [-0.2, -0.15) is 5.10 Å². The molecule has 0 saturated heterocycles. The highest BCUT2D eigenvalue weighted by Crippen LogP contribution is 2.09. The van der Waals surface area contributed by atoms with Crippen molar-refractivity contribution in [3.63, 3.8) is 0 Å². The van der Waals surface area contributed by atoms with Crippen LogP contribution in [0.2, 0.25) is 0 Å². The fourth-order valence-electron chi connectivity index (χ4n) is 1.02. The average Bonchev–Trinajstić information content (AvgIpc) is 2.12. The monoisotopic (exact) mass is 162 g/mol. The van der Waals surface area contributed by atoms with E-state index in [-0.39, 0.29) is 11.4 Å². The second kappa shape index (κ2) is 2.30. The van der Waals surface area contributed by atoms with E-state index in [4.69, 9.17) is 5.73 Å². The summed E-state index contributed by atoms with van der Waals surface area (Å²) >= 11 is 0. The van der Waals surface area contributed by atoms with Gasteiger partial charge < -0.3 is 5.73 Å². The predicted octanol–water partition coefficient (Wildman–Crippen LogP) is -0.0997. The van der Waals surface area contributed by atoms with Crippen molar-refractivity contribution < 1.29 is 0 Å². The molecule has 0 spiro atoms. The highest BCUT2D eigenvalue weighted by molar-refractivity contribution is 5.86. The number of fused-ring (bicyclic) bond motifs is 1. The average molecular weight is 162 g/mol. The first-order valence-corrected chi connectivity index (χ1v) is 3.38. The van der Waals surface area contributed by atoms with Crippen molar-refractivity contribution in [3.05, 3.63) is 28.7 Å². The van der Waals surface area contributed by atoms with Crippen LogP contribution < -0.4 is 11.3 Å². The molecule has 0 aliphatic rings. The second-order valence-corrected chi connectivity index (χ2v) is 2.34. The van der Waals surface area contributed by atoms with Gasteiger partial charge in [0.1, 0.15) is 5.52 Å². The summed E-state index contributed by atoms with van der Waals surface area (Å²) in [5.74, 6) is 0.290. The van der Waals surface area contributed by atoms with Gasteiger partial charge in [-0.05, 0) is 12.1 Å². The molecule has 0 unspecified atom stereocenters. The summed E-state index contributed by atoms with van der Waals surface area (Å²) in [5.41, 5.74) is 5.51. The number of nitrogens with one attached hydrogen (secondary N) is 1. The number of nitrogens with zero attached hydrogens (tertiary/aromatic N) is 2. The van der Waals surface area contributed by atoms with Crippen molar-refractivity contribution in [1.29, 1.82) is 0 Å². The van der Waals surface area contributed by atoms with Crippen molar-refractivity contribution in [2.45, 2.75) is 0 Å². The first-order valence-electron chi connectivity index (χ1n) is 3.38. The van der Waals surface area contributed by atoms with E-state index < -0.39 is 0 Å². The molecule has 0 amide bonds. The number of aromatic amines is 1. The Labute approximate surface area is 67.2 Å². The molecule has 2 heterocycles. The van der Waals surface area contributed by atoms with Crippen LogP contribution in [0.4, 0.5) is 5.82 Å². The van der Waals surface area contributed by atoms with E-state index in [1.54, 1.807) is 12.1 Å². The SMILES string of the molecule is Nc1n[nH]c(=O)c2ncccc12. The molecule has 5 heteroatoms. The predicted molar refractivity (Wildman–Crippen MR) is 44.6 cm³/mol. The van der Waals surface area contributed by atoms with E-state index in [1.165, 1.54) is 6.20 Å². The third kappa shape index (κ3) is 0.833. The summed E-state index contributed by atoms with van der Waals surface area (Å²) in [7, 11) is 0. The molecule has 0 radical (unpaired) electrons. The van der Waals surface area contributed by atoms with Gasteiger partial charge in [-0.1, -0.05) is 0 Å². The lowest BCUT2D eigenvalue weighted by atomic mass is 10.3. The molecule has 0 atom stereocenters. The van der Waals surface area contributed by atoms with Crippen molar-refractivity contribution in [1.82, 2.24) is 15.2 Å². The zero-order valence-electron chi connectivity index (χ0n) is 6.11. The third-order valence-electron chi connectivity index (χ3n) is 1.58. The van der Waals surface area contributed by atoms with Gasteiger partial charge in [0.05, 0.1) is 0 Å². The molecule has 0 fully saturated rings. The first-order chi connectivity index (χ1) is 5.79. The van der Waals surface area contributed by atoms with E-state index >= 15 is 0 Å². The van der Waals surface area contributed by atoms with E-state index in [9.17, 15) is 4.79 Å². The summed E-state index contributed by atoms with van der Waals surface area (Å²) in [4.78, 5) is 15.0. The third-order valence-corrected chi connectivity index (χ3v) is 1.58. The lowest BCUT2D eigenvalue weighted by Crippen LogP contribution is -2.11. The van der Waals surface area contributed by atoms with Crippen LogP contribution in [0.25, 0.3) is 10.9 Å². The molecule has 0 saturated carbocycles. The fourth-order valence-corrected chi connectivity index (χ4v) is 1.02. The molecule has 0 bridgehead atoms. The molecular weight excluding hydrogens is 156 g/mol. The maximum atomic E-state index is 11.1. The van der Waals surface area contributed by atoms with Gasteiger partial charge in [-0.15, -0.1) is 0 Å². The molecule has 3 N–H and O–H groups in total. The topological polar surface area (TPSA) is 84.7 Å². The van der Waals surface area contributed by atoms with Crippen molar-refractivity contribution in [2.24, 2.45) is 0 Å². The van der Waals surface area contributed by atoms with Gasteiger partial charge in [-0.25, -0.2) is 5.10 Å². The Morgan fingerprint density at radius 2 is 2.33 bits per heavy atom. The summed E-state index contributed by atoms with van der Waals surface area (Å²) in [6, 6.07) is 3.42. The minimum atomic E-state index is -0.320. The number of hydrogen-bond acceptors (Lipinski definition) is 4.